The van der Waals surface area contributed by atoms with Crippen molar-refractivity contribution in [3.63, 3.8) is 0 Å². The Balaban J connectivity index is 1.49. The predicted octanol–water partition coefficient (Wildman–Crippen LogP) is 3.58. The summed E-state index contributed by atoms with van der Waals surface area (Å²) in [6.07, 6.45) is 5.86. The van der Waals surface area contributed by atoms with E-state index in [0.717, 1.165) is 24.1 Å². The Kier molecular flexibility index (Phi) is 5.39. The highest BCUT2D eigenvalue weighted by Gasteiger charge is 2.24. The van der Waals surface area contributed by atoms with Gasteiger partial charge in [-0.15, -0.1) is 0 Å². The van der Waals surface area contributed by atoms with Crippen molar-refractivity contribution in [3.05, 3.63) is 59.9 Å². The van der Waals surface area contributed by atoms with E-state index in [1.807, 2.05) is 16.8 Å². The van der Waals surface area contributed by atoms with Crippen LogP contribution in [0.3, 0.4) is 0 Å². The van der Waals surface area contributed by atoms with Gasteiger partial charge in [-0.25, -0.2) is 9.67 Å². The van der Waals surface area contributed by atoms with Gasteiger partial charge >= 0.3 is 0 Å². The van der Waals surface area contributed by atoms with Crippen LogP contribution in [-0.2, 0) is 0 Å². The first-order valence-electron chi connectivity index (χ1n) is 10.0. The molecule has 1 atom stereocenters. The minimum absolute atomic E-state index is 0.0909. The first-order valence-corrected chi connectivity index (χ1v) is 10.0. The summed E-state index contributed by atoms with van der Waals surface area (Å²) in [5.41, 5.74) is 2.63. The summed E-state index contributed by atoms with van der Waals surface area (Å²) in [5, 5.41) is 8.39. The molecule has 2 aromatic heterocycles. The van der Waals surface area contributed by atoms with Crippen LogP contribution < -0.4 is 5.32 Å². The molecule has 0 radical (unpaired) electrons. The van der Waals surface area contributed by atoms with Gasteiger partial charge in [0.1, 0.15) is 0 Å². The van der Waals surface area contributed by atoms with Crippen molar-refractivity contribution in [1.29, 1.82) is 0 Å². The van der Waals surface area contributed by atoms with Crippen LogP contribution in [0.4, 0.5) is 0 Å². The zero-order valence-corrected chi connectivity index (χ0v) is 16.5. The molecule has 1 N–H and O–H groups in total. The molecule has 0 bridgehead atoms. The zero-order valence-electron chi connectivity index (χ0n) is 16.5. The third-order valence-electron chi connectivity index (χ3n) is 5.41. The summed E-state index contributed by atoms with van der Waals surface area (Å²) in [5.74, 6) is -0.0909. The van der Waals surface area contributed by atoms with Crippen molar-refractivity contribution < 1.29 is 4.79 Å². The quantitative estimate of drug-likeness (QED) is 0.713. The fourth-order valence-corrected chi connectivity index (χ4v) is 3.92. The lowest BCUT2D eigenvalue weighted by Gasteiger charge is -2.28. The van der Waals surface area contributed by atoms with E-state index in [2.05, 4.69) is 58.4 Å². The standard InChI is InChI=1S/C22H27N5O/c1-16(2)27-21-18(14-25-27)12-19(13-23-21)22(28)24-15-20(26-10-6-7-11-26)17-8-4-3-5-9-17/h3-5,8-9,12-14,16,20H,6-7,10-11,15H2,1-2H3,(H,24,28). The third kappa shape index (κ3) is 3.78. The molecule has 146 valence electrons. The van der Waals surface area contributed by atoms with E-state index in [1.54, 1.807) is 12.4 Å². The predicted molar refractivity (Wildman–Crippen MR) is 110 cm³/mol. The van der Waals surface area contributed by atoms with Crippen LogP contribution in [0.25, 0.3) is 11.0 Å². The maximum Gasteiger partial charge on any atom is 0.252 e. The van der Waals surface area contributed by atoms with Crippen LogP contribution in [0.5, 0.6) is 0 Å². The first kappa shape index (κ1) is 18.6. The molecule has 28 heavy (non-hydrogen) atoms. The number of pyridine rings is 1. The number of carbonyl (C=O) groups is 1. The summed E-state index contributed by atoms with van der Waals surface area (Å²) < 4.78 is 1.87. The van der Waals surface area contributed by atoms with Crippen LogP contribution in [0, 0.1) is 0 Å². The number of likely N-dealkylation sites (tertiary alicyclic amines) is 1. The summed E-state index contributed by atoms with van der Waals surface area (Å²) >= 11 is 0. The second-order valence-corrected chi connectivity index (χ2v) is 7.70. The largest absolute Gasteiger partial charge is 0.350 e. The Morgan fingerprint density at radius 1 is 1.14 bits per heavy atom. The average Bonchev–Trinajstić information content (AvgIpc) is 3.38. The SMILES string of the molecule is CC(C)n1ncc2cc(C(=O)NCC(c3ccccc3)N3CCCC3)cnc21. The average molecular weight is 377 g/mol. The maximum absolute atomic E-state index is 12.8. The normalized spacial score (nSPS) is 16.0. The number of fused-ring (bicyclic) bond motifs is 1. The zero-order chi connectivity index (χ0) is 19.5. The minimum Gasteiger partial charge on any atom is -0.350 e. The number of aromatic nitrogens is 3. The van der Waals surface area contributed by atoms with Crippen molar-refractivity contribution in [2.75, 3.05) is 19.6 Å². The first-order chi connectivity index (χ1) is 13.6. The van der Waals surface area contributed by atoms with E-state index in [9.17, 15) is 4.79 Å². The monoisotopic (exact) mass is 377 g/mol. The Morgan fingerprint density at radius 2 is 1.89 bits per heavy atom. The van der Waals surface area contributed by atoms with Gasteiger partial charge in [0.05, 0.1) is 17.8 Å². The number of amides is 1. The van der Waals surface area contributed by atoms with Crippen LogP contribution in [0.2, 0.25) is 0 Å². The van der Waals surface area contributed by atoms with Gasteiger partial charge in [0.15, 0.2) is 5.65 Å². The van der Waals surface area contributed by atoms with E-state index >= 15 is 0 Å². The number of hydrogen-bond acceptors (Lipinski definition) is 4. The molecular formula is C22H27N5O. The Bertz CT molecular complexity index is 944. The molecular weight excluding hydrogens is 350 g/mol. The second kappa shape index (κ2) is 8.10. The van der Waals surface area contributed by atoms with Gasteiger partial charge in [-0.2, -0.15) is 5.10 Å². The second-order valence-electron chi connectivity index (χ2n) is 7.70. The molecule has 6 nitrogen and oxygen atoms in total. The highest BCUT2D eigenvalue weighted by Crippen LogP contribution is 2.24. The number of benzene rings is 1. The lowest BCUT2D eigenvalue weighted by molar-refractivity contribution is 0.0937. The van der Waals surface area contributed by atoms with Crippen molar-refractivity contribution in [2.24, 2.45) is 0 Å². The van der Waals surface area contributed by atoms with Gasteiger partial charge in [-0.1, -0.05) is 30.3 Å². The number of nitrogens with one attached hydrogen (secondary N) is 1. The molecule has 6 heteroatoms. The van der Waals surface area contributed by atoms with Crippen molar-refractivity contribution in [3.8, 4) is 0 Å². The van der Waals surface area contributed by atoms with E-state index in [4.69, 9.17) is 0 Å². The third-order valence-corrected chi connectivity index (χ3v) is 5.41. The molecule has 4 rings (SSSR count). The van der Waals surface area contributed by atoms with Crippen molar-refractivity contribution >= 4 is 16.9 Å². The summed E-state index contributed by atoms with van der Waals surface area (Å²) in [6.45, 7) is 6.88. The molecule has 0 saturated carbocycles. The Morgan fingerprint density at radius 3 is 2.61 bits per heavy atom. The molecule has 1 unspecified atom stereocenters. The van der Waals surface area contributed by atoms with Gasteiger partial charge in [-0.05, 0) is 51.4 Å². The van der Waals surface area contributed by atoms with E-state index in [-0.39, 0.29) is 18.0 Å². The highest BCUT2D eigenvalue weighted by molar-refractivity contribution is 5.96. The lowest BCUT2D eigenvalue weighted by Crippen LogP contribution is -2.36. The van der Waals surface area contributed by atoms with Crippen LogP contribution in [0.15, 0.2) is 48.8 Å². The molecule has 1 aliphatic heterocycles. The van der Waals surface area contributed by atoms with Gasteiger partial charge in [0.2, 0.25) is 0 Å². The summed E-state index contributed by atoms with van der Waals surface area (Å²) in [4.78, 5) is 19.7. The molecule has 1 fully saturated rings. The Labute approximate surface area is 165 Å². The molecule has 1 aromatic carbocycles. The van der Waals surface area contributed by atoms with Gasteiger partial charge in [0, 0.05) is 24.2 Å². The van der Waals surface area contributed by atoms with E-state index in [1.165, 1.54) is 18.4 Å². The minimum atomic E-state index is -0.0909. The van der Waals surface area contributed by atoms with Gasteiger partial charge in [-0.3, -0.25) is 9.69 Å². The fourth-order valence-electron chi connectivity index (χ4n) is 3.92. The highest BCUT2D eigenvalue weighted by atomic mass is 16.1. The van der Waals surface area contributed by atoms with Crippen LogP contribution >= 0.6 is 0 Å². The molecule has 1 aliphatic rings. The molecule has 1 amide bonds. The Hall–Kier alpha value is -2.73. The molecule has 0 spiro atoms. The van der Waals surface area contributed by atoms with E-state index < -0.39 is 0 Å². The van der Waals surface area contributed by atoms with Gasteiger partial charge in [0.25, 0.3) is 5.91 Å². The fraction of sp³-hybridized carbons (Fsp3) is 0.409. The van der Waals surface area contributed by atoms with Crippen LogP contribution in [0.1, 0.15) is 54.7 Å². The number of hydrogen-bond donors (Lipinski definition) is 1. The topological polar surface area (TPSA) is 63.1 Å². The number of nitrogens with zero attached hydrogens (tertiary/aromatic N) is 4. The van der Waals surface area contributed by atoms with E-state index in [0.29, 0.717) is 12.1 Å². The summed E-state index contributed by atoms with van der Waals surface area (Å²) in [6, 6.07) is 12.7. The van der Waals surface area contributed by atoms with Crippen molar-refractivity contribution in [2.45, 2.75) is 38.8 Å². The van der Waals surface area contributed by atoms with Crippen molar-refractivity contribution in [1.82, 2.24) is 25.0 Å². The molecule has 0 aliphatic carbocycles. The van der Waals surface area contributed by atoms with Gasteiger partial charge < -0.3 is 5.32 Å². The molecule has 3 heterocycles. The molecule has 1 saturated heterocycles. The van der Waals surface area contributed by atoms with Crippen LogP contribution in [-0.4, -0.2) is 45.2 Å². The summed E-state index contributed by atoms with van der Waals surface area (Å²) in [7, 11) is 0. The number of rotatable bonds is 6. The lowest BCUT2D eigenvalue weighted by atomic mass is 10.1. The number of carbonyl (C=O) groups excluding carboxylic acids is 1. The smallest absolute Gasteiger partial charge is 0.252 e. The molecule has 3 aromatic rings. The maximum atomic E-state index is 12.8.